The molecule has 2 aliphatic rings. The molecule has 0 radical (unpaired) electrons. The number of hydrogen-bond donors (Lipinski definition) is 1. The number of nitrogens with zero attached hydrogens (tertiary/aromatic N) is 2. The Morgan fingerprint density at radius 2 is 1.64 bits per heavy atom. The number of amides is 1. The van der Waals surface area contributed by atoms with Crippen LogP contribution in [0, 0.1) is 11.8 Å². The second-order valence-corrected chi connectivity index (χ2v) is 10.3. The van der Waals surface area contributed by atoms with Gasteiger partial charge in [0, 0.05) is 32.2 Å². The first-order valence-electron chi connectivity index (χ1n) is 10.4. The van der Waals surface area contributed by atoms with Crippen molar-refractivity contribution in [2.24, 2.45) is 11.8 Å². The summed E-state index contributed by atoms with van der Waals surface area (Å²) in [6.45, 7) is 9.57. The van der Waals surface area contributed by atoms with E-state index in [0.29, 0.717) is 16.7 Å². The highest BCUT2D eigenvalue weighted by Gasteiger charge is 2.33. The fourth-order valence-electron chi connectivity index (χ4n) is 4.56. The maximum atomic E-state index is 13.0. The molecule has 0 saturated carbocycles. The van der Waals surface area contributed by atoms with Crippen molar-refractivity contribution in [3.8, 4) is 0 Å². The maximum absolute atomic E-state index is 13.0. The zero-order valence-corrected chi connectivity index (χ0v) is 18.0. The Balaban J connectivity index is 1.52. The number of piperidine rings is 2. The molecule has 1 amide bonds. The lowest BCUT2D eigenvalue weighted by Gasteiger charge is -2.40. The molecule has 2 saturated heterocycles. The van der Waals surface area contributed by atoms with Gasteiger partial charge in [-0.15, -0.1) is 0 Å². The van der Waals surface area contributed by atoms with Crippen molar-refractivity contribution in [3.63, 3.8) is 0 Å². The Morgan fingerprint density at radius 3 is 2.21 bits per heavy atom. The fourth-order valence-corrected chi connectivity index (χ4v) is 5.88. The summed E-state index contributed by atoms with van der Waals surface area (Å²) in [6.07, 6.45) is 2.62. The molecule has 0 bridgehead atoms. The Labute approximate surface area is 169 Å². The Hall–Kier alpha value is -1.44. The fraction of sp³-hybridized carbons (Fsp3) is 0.667. The summed E-state index contributed by atoms with van der Waals surface area (Å²) in [7, 11) is -3.49. The van der Waals surface area contributed by atoms with Gasteiger partial charge < -0.3 is 4.90 Å². The minimum Gasteiger partial charge on any atom is -0.341 e. The average Bonchev–Trinajstić information content (AvgIpc) is 2.67. The van der Waals surface area contributed by atoms with Gasteiger partial charge in [0.2, 0.25) is 15.9 Å². The lowest BCUT2D eigenvalue weighted by molar-refractivity contribution is -0.139. The number of sulfonamides is 1. The summed E-state index contributed by atoms with van der Waals surface area (Å²) in [5.41, 5.74) is 0. The van der Waals surface area contributed by atoms with Gasteiger partial charge in [0.15, 0.2) is 0 Å². The first-order valence-corrected chi connectivity index (χ1v) is 11.8. The van der Waals surface area contributed by atoms with E-state index in [1.807, 2.05) is 11.8 Å². The second kappa shape index (κ2) is 8.93. The zero-order chi connectivity index (χ0) is 20.3. The van der Waals surface area contributed by atoms with Crippen LogP contribution < -0.4 is 4.72 Å². The number of nitrogens with one attached hydrogen (secondary N) is 1. The standard InChI is InChI=1S/C21H33N3O3S/c1-16-13-17(2)15-24(14-16)21(25)18(3)23-11-9-19(10-12-23)22-28(26,27)20-7-5-4-6-8-20/h4-8,16-19,22H,9-15H2,1-3H3/t16-,17-,18+/m1/s1. The summed E-state index contributed by atoms with van der Waals surface area (Å²) >= 11 is 0. The molecule has 6 nitrogen and oxygen atoms in total. The molecule has 28 heavy (non-hydrogen) atoms. The molecule has 1 N–H and O–H groups in total. The largest absolute Gasteiger partial charge is 0.341 e. The molecule has 156 valence electrons. The van der Waals surface area contributed by atoms with E-state index in [2.05, 4.69) is 23.5 Å². The van der Waals surface area contributed by atoms with Crippen LogP contribution in [0.25, 0.3) is 0 Å². The molecular weight excluding hydrogens is 374 g/mol. The Bertz CT molecular complexity index is 750. The summed E-state index contributed by atoms with van der Waals surface area (Å²) in [6, 6.07) is 8.25. The molecule has 7 heteroatoms. The van der Waals surface area contributed by atoms with Gasteiger partial charge in [-0.1, -0.05) is 32.0 Å². The van der Waals surface area contributed by atoms with Crippen LogP contribution in [0.3, 0.4) is 0 Å². The van der Waals surface area contributed by atoms with Crippen LogP contribution in [0.1, 0.15) is 40.0 Å². The number of carbonyl (C=O) groups is 1. The molecule has 2 aliphatic heterocycles. The third kappa shape index (κ3) is 5.13. The molecule has 0 unspecified atom stereocenters. The van der Waals surface area contributed by atoms with Gasteiger partial charge in [-0.2, -0.15) is 0 Å². The molecule has 1 aromatic rings. The zero-order valence-electron chi connectivity index (χ0n) is 17.2. The van der Waals surface area contributed by atoms with E-state index in [0.717, 1.165) is 39.0 Å². The molecule has 3 rings (SSSR count). The normalized spacial score (nSPS) is 26.2. The summed E-state index contributed by atoms with van der Waals surface area (Å²) in [4.78, 5) is 17.5. The van der Waals surface area contributed by atoms with Crippen LogP contribution in [0.2, 0.25) is 0 Å². The Morgan fingerprint density at radius 1 is 1.07 bits per heavy atom. The minimum atomic E-state index is -3.49. The van der Waals surface area contributed by atoms with Gasteiger partial charge in [-0.25, -0.2) is 13.1 Å². The van der Waals surface area contributed by atoms with Gasteiger partial charge in [0.1, 0.15) is 0 Å². The van der Waals surface area contributed by atoms with E-state index in [4.69, 9.17) is 0 Å². The van der Waals surface area contributed by atoms with Crippen molar-refractivity contribution >= 4 is 15.9 Å². The first-order chi connectivity index (χ1) is 13.3. The van der Waals surface area contributed by atoms with Crippen molar-refractivity contribution in [2.75, 3.05) is 26.2 Å². The van der Waals surface area contributed by atoms with Crippen LogP contribution in [-0.4, -0.2) is 62.4 Å². The SMILES string of the molecule is C[C@@H]1C[C@@H](C)CN(C(=O)[C@H](C)N2CCC(NS(=O)(=O)c3ccccc3)CC2)C1. The molecule has 0 aromatic heterocycles. The van der Waals surface area contributed by atoms with E-state index in [1.54, 1.807) is 30.3 Å². The van der Waals surface area contributed by atoms with E-state index in [9.17, 15) is 13.2 Å². The summed E-state index contributed by atoms with van der Waals surface area (Å²) in [5.74, 6) is 1.32. The van der Waals surface area contributed by atoms with E-state index < -0.39 is 10.0 Å². The molecule has 2 heterocycles. The summed E-state index contributed by atoms with van der Waals surface area (Å²) in [5, 5.41) is 0. The number of likely N-dealkylation sites (tertiary alicyclic amines) is 2. The summed E-state index contributed by atoms with van der Waals surface area (Å²) < 4.78 is 27.8. The predicted molar refractivity (Wildman–Crippen MR) is 110 cm³/mol. The lowest BCUT2D eigenvalue weighted by Crippen LogP contribution is -2.54. The number of hydrogen-bond acceptors (Lipinski definition) is 4. The highest BCUT2D eigenvalue weighted by atomic mass is 32.2. The molecule has 0 spiro atoms. The topological polar surface area (TPSA) is 69.7 Å². The second-order valence-electron chi connectivity index (χ2n) is 8.61. The average molecular weight is 408 g/mol. The van der Waals surface area contributed by atoms with Crippen LogP contribution in [-0.2, 0) is 14.8 Å². The van der Waals surface area contributed by atoms with Crippen LogP contribution in [0.5, 0.6) is 0 Å². The Kier molecular flexibility index (Phi) is 6.78. The number of carbonyl (C=O) groups excluding carboxylic acids is 1. The molecule has 3 atom stereocenters. The monoisotopic (exact) mass is 407 g/mol. The van der Waals surface area contributed by atoms with Gasteiger partial charge in [0.25, 0.3) is 0 Å². The van der Waals surface area contributed by atoms with Gasteiger partial charge in [-0.3, -0.25) is 9.69 Å². The minimum absolute atomic E-state index is 0.0845. The van der Waals surface area contributed by atoms with Gasteiger partial charge in [-0.05, 0) is 50.2 Å². The number of rotatable bonds is 5. The highest BCUT2D eigenvalue weighted by Crippen LogP contribution is 2.23. The van der Waals surface area contributed by atoms with Crippen molar-refractivity contribution in [3.05, 3.63) is 30.3 Å². The smallest absolute Gasteiger partial charge is 0.240 e. The third-order valence-electron chi connectivity index (χ3n) is 5.99. The predicted octanol–water partition coefficient (Wildman–Crippen LogP) is 2.32. The van der Waals surface area contributed by atoms with E-state index >= 15 is 0 Å². The first kappa shape index (κ1) is 21.3. The van der Waals surface area contributed by atoms with Crippen molar-refractivity contribution < 1.29 is 13.2 Å². The van der Waals surface area contributed by atoms with E-state index in [-0.39, 0.29) is 18.0 Å². The van der Waals surface area contributed by atoms with E-state index in [1.165, 1.54) is 6.42 Å². The van der Waals surface area contributed by atoms with Gasteiger partial charge in [0.05, 0.1) is 10.9 Å². The third-order valence-corrected chi connectivity index (χ3v) is 7.53. The lowest BCUT2D eigenvalue weighted by atomic mass is 9.91. The van der Waals surface area contributed by atoms with Crippen molar-refractivity contribution in [1.82, 2.24) is 14.5 Å². The highest BCUT2D eigenvalue weighted by molar-refractivity contribution is 7.89. The van der Waals surface area contributed by atoms with Crippen molar-refractivity contribution in [2.45, 2.75) is 57.0 Å². The number of benzene rings is 1. The quantitative estimate of drug-likeness (QED) is 0.813. The van der Waals surface area contributed by atoms with Crippen molar-refractivity contribution in [1.29, 1.82) is 0 Å². The maximum Gasteiger partial charge on any atom is 0.240 e. The molecule has 0 aliphatic carbocycles. The molecular formula is C21H33N3O3S. The van der Waals surface area contributed by atoms with Crippen LogP contribution in [0.4, 0.5) is 0 Å². The van der Waals surface area contributed by atoms with Crippen LogP contribution >= 0.6 is 0 Å². The van der Waals surface area contributed by atoms with Crippen LogP contribution in [0.15, 0.2) is 35.2 Å². The molecule has 2 fully saturated rings. The molecule has 1 aromatic carbocycles. The van der Waals surface area contributed by atoms with Gasteiger partial charge >= 0.3 is 0 Å².